The Hall–Kier alpha value is -2.25. The van der Waals surface area contributed by atoms with Crippen molar-refractivity contribution in [2.45, 2.75) is 26.2 Å². The Kier molecular flexibility index (Phi) is 7.71. The van der Waals surface area contributed by atoms with Crippen molar-refractivity contribution in [1.82, 2.24) is 0 Å². The zero-order valence-electron chi connectivity index (χ0n) is 16.2. The normalized spacial score (nSPS) is 11.1. The van der Waals surface area contributed by atoms with E-state index in [-0.39, 0.29) is 18.9 Å². The number of carbonyl (C=O) groups is 1. The highest BCUT2D eigenvalue weighted by atomic mass is 35.5. The standard InChI is InChI=1S/C20H25ClN2O4S/c1-4-15-7-10-17(11-8-15)23(28(3,25)26)13-5-6-20(24)22-16-9-12-19(27-2)18(21)14-16/h7-12,14H,4-6,13H2,1-3H3,(H,22,24). The van der Waals surface area contributed by atoms with Gasteiger partial charge in [-0.05, 0) is 48.7 Å². The summed E-state index contributed by atoms with van der Waals surface area (Å²) >= 11 is 6.05. The zero-order valence-corrected chi connectivity index (χ0v) is 17.8. The lowest BCUT2D eigenvalue weighted by molar-refractivity contribution is -0.116. The van der Waals surface area contributed by atoms with Gasteiger partial charge in [-0.15, -0.1) is 0 Å². The molecule has 0 radical (unpaired) electrons. The number of methoxy groups -OCH3 is 1. The van der Waals surface area contributed by atoms with Gasteiger partial charge in [0.2, 0.25) is 15.9 Å². The fourth-order valence-corrected chi connectivity index (χ4v) is 3.96. The number of halogens is 1. The van der Waals surface area contributed by atoms with E-state index in [1.807, 2.05) is 19.1 Å². The minimum absolute atomic E-state index is 0.183. The van der Waals surface area contributed by atoms with Crippen molar-refractivity contribution in [3.05, 3.63) is 53.1 Å². The van der Waals surface area contributed by atoms with E-state index < -0.39 is 10.0 Å². The Balaban J connectivity index is 1.96. The number of benzene rings is 2. The van der Waals surface area contributed by atoms with E-state index in [1.54, 1.807) is 30.3 Å². The van der Waals surface area contributed by atoms with Crippen LogP contribution in [0.1, 0.15) is 25.3 Å². The molecule has 1 amide bonds. The monoisotopic (exact) mass is 424 g/mol. The van der Waals surface area contributed by atoms with E-state index in [4.69, 9.17) is 16.3 Å². The molecule has 0 heterocycles. The van der Waals surface area contributed by atoms with Crippen LogP contribution in [0.15, 0.2) is 42.5 Å². The van der Waals surface area contributed by atoms with E-state index in [1.165, 1.54) is 17.7 Å². The lowest BCUT2D eigenvalue weighted by Crippen LogP contribution is -2.31. The number of anilines is 2. The predicted octanol–water partition coefficient (Wildman–Crippen LogP) is 4.10. The highest BCUT2D eigenvalue weighted by Gasteiger charge is 2.17. The molecule has 1 N–H and O–H groups in total. The number of sulfonamides is 1. The second kappa shape index (κ2) is 9.80. The van der Waals surface area contributed by atoms with Crippen LogP contribution in [0.25, 0.3) is 0 Å². The molecular weight excluding hydrogens is 400 g/mol. The number of nitrogens with one attached hydrogen (secondary N) is 1. The Morgan fingerprint density at radius 2 is 1.86 bits per heavy atom. The van der Waals surface area contributed by atoms with E-state index in [0.29, 0.717) is 28.6 Å². The Bertz CT molecular complexity index is 914. The summed E-state index contributed by atoms with van der Waals surface area (Å²) in [5.74, 6) is 0.313. The van der Waals surface area contributed by atoms with Crippen molar-refractivity contribution in [2.75, 3.05) is 29.5 Å². The van der Waals surface area contributed by atoms with Crippen molar-refractivity contribution in [1.29, 1.82) is 0 Å². The molecule has 0 saturated heterocycles. The number of hydrogen-bond donors (Lipinski definition) is 1. The average molecular weight is 425 g/mol. The lowest BCUT2D eigenvalue weighted by atomic mass is 10.1. The molecule has 2 rings (SSSR count). The van der Waals surface area contributed by atoms with Crippen molar-refractivity contribution < 1.29 is 17.9 Å². The number of aryl methyl sites for hydroxylation is 1. The number of nitrogens with zero attached hydrogens (tertiary/aromatic N) is 1. The van der Waals surface area contributed by atoms with Gasteiger partial charge in [-0.25, -0.2) is 8.42 Å². The SMILES string of the molecule is CCc1ccc(N(CCCC(=O)Nc2ccc(OC)c(Cl)c2)S(C)(=O)=O)cc1. The second-order valence-electron chi connectivity index (χ2n) is 6.36. The summed E-state index contributed by atoms with van der Waals surface area (Å²) in [6.45, 7) is 2.26. The molecule has 0 fully saturated rings. The number of carbonyl (C=O) groups excluding carboxylic acids is 1. The third-order valence-electron chi connectivity index (χ3n) is 4.23. The molecule has 152 valence electrons. The summed E-state index contributed by atoms with van der Waals surface area (Å²) in [6.07, 6.45) is 2.62. The minimum atomic E-state index is -3.44. The van der Waals surface area contributed by atoms with E-state index in [2.05, 4.69) is 5.32 Å². The molecule has 0 atom stereocenters. The van der Waals surface area contributed by atoms with Gasteiger partial charge in [-0.3, -0.25) is 9.10 Å². The molecule has 0 aliphatic rings. The summed E-state index contributed by atoms with van der Waals surface area (Å²) in [7, 11) is -1.92. The molecule has 0 aliphatic heterocycles. The highest BCUT2D eigenvalue weighted by Crippen LogP contribution is 2.27. The van der Waals surface area contributed by atoms with Crippen LogP contribution in [0.5, 0.6) is 5.75 Å². The Labute approximate surface area is 171 Å². The molecule has 0 spiro atoms. The number of hydrogen-bond acceptors (Lipinski definition) is 4. The largest absolute Gasteiger partial charge is 0.495 e. The van der Waals surface area contributed by atoms with Crippen LogP contribution < -0.4 is 14.4 Å². The molecule has 0 aliphatic carbocycles. The lowest BCUT2D eigenvalue weighted by Gasteiger charge is -2.22. The number of amides is 1. The first-order chi connectivity index (χ1) is 13.2. The topological polar surface area (TPSA) is 75.7 Å². The van der Waals surface area contributed by atoms with Crippen LogP contribution in [-0.2, 0) is 21.2 Å². The highest BCUT2D eigenvalue weighted by molar-refractivity contribution is 7.92. The van der Waals surface area contributed by atoms with Gasteiger partial charge >= 0.3 is 0 Å². The molecular formula is C20H25ClN2O4S. The van der Waals surface area contributed by atoms with Gasteiger partial charge in [0.15, 0.2) is 0 Å². The van der Waals surface area contributed by atoms with Gasteiger partial charge in [0, 0.05) is 18.7 Å². The van der Waals surface area contributed by atoms with E-state index >= 15 is 0 Å². The number of ether oxygens (including phenoxy) is 1. The van der Waals surface area contributed by atoms with E-state index in [0.717, 1.165) is 12.0 Å². The summed E-state index contributed by atoms with van der Waals surface area (Å²) in [5.41, 5.74) is 2.29. The number of rotatable bonds is 9. The van der Waals surface area contributed by atoms with E-state index in [9.17, 15) is 13.2 Å². The fraction of sp³-hybridized carbons (Fsp3) is 0.350. The van der Waals surface area contributed by atoms with Crippen molar-refractivity contribution >= 4 is 38.9 Å². The molecule has 0 aromatic heterocycles. The minimum Gasteiger partial charge on any atom is -0.495 e. The molecule has 6 nitrogen and oxygen atoms in total. The van der Waals surface area contributed by atoms with Crippen LogP contribution in [0.2, 0.25) is 5.02 Å². The first-order valence-electron chi connectivity index (χ1n) is 8.94. The summed E-state index contributed by atoms with van der Waals surface area (Å²) in [5, 5.41) is 3.16. The maximum Gasteiger partial charge on any atom is 0.232 e. The summed E-state index contributed by atoms with van der Waals surface area (Å²) in [4.78, 5) is 12.2. The summed E-state index contributed by atoms with van der Waals surface area (Å²) < 4.78 is 30.7. The molecule has 0 saturated carbocycles. The van der Waals surface area contributed by atoms with Crippen LogP contribution >= 0.6 is 11.6 Å². The predicted molar refractivity (Wildman–Crippen MR) is 114 cm³/mol. The molecule has 8 heteroatoms. The van der Waals surface area contributed by atoms with Gasteiger partial charge in [0.05, 0.1) is 24.1 Å². The molecule has 2 aromatic rings. The Morgan fingerprint density at radius 3 is 2.39 bits per heavy atom. The van der Waals surface area contributed by atoms with Crippen molar-refractivity contribution in [3.8, 4) is 5.75 Å². The van der Waals surface area contributed by atoms with Crippen LogP contribution in [0.3, 0.4) is 0 Å². The first kappa shape index (κ1) is 22.0. The first-order valence-corrected chi connectivity index (χ1v) is 11.2. The van der Waals surface area contributed by atoms with Gasteiger partial charge in [0.1, 0.15) is 5.75 Å². The van der Waals surface area contributed by atoms with Gasteiger partial charge < -0.3 is 10.1 Å². The third-order valence-corrected chi connectivity index (χ3v) is 5.72. The smallest absolute Gasteiger partial charge is 0.232 e. The zero-order chi connectivity index (χ0) is 20.7. The molecule has 28 heavy (non-hydrogen) atoms. The maximum atomic E-state index is 12.2. The average Bonchev–Trinajstić information content (AvgIpc) is 2.64. The van der Waals surface area contributed by atoms with Gasteiger partial charge in [0.25, 0.3) is 0 Å². The van der Waals surface area contributed by atoms with Crippen LogP contribution in [0.4, 0.5) is 11.4 Å². The molecule has 2 aromatic carbocycles. The van der Waals surface area contributed by atoms with Crippen LogP contribution in [0, 0.1) is 0 Å². The third kappa shape index (κ3) is 6.14. The summed E-state index contributed by atoms with van der Waals surface area (Å²) in [6, 6.07) is 12.4. The molecule has 0 bridgehead atoms. The fourth-order valence-electron chi connectivity index (χ4n) is 2.74. The quantitative estimate of drug-likeness (QED) is 0.657. The van der Waals surface area contributed by atoms with Crippen molar-refractivity contribution in [3.63, 3.8) is 0 Å². The maximum absolute atomic E-state index is 12.2. The molecule has 0 unspecified atom stereocenters. The van der Waals surface area contributed by atoms with Crippen molar-refractivity contribution in [2.24, 2.45) is 0 Å². The van der Waals surface area contributed by atoms with Gasteiger partial charge in [-0.2, -0.15) is 0 Å². The van der Waals surface area contributed by atoms with Crippen LogP contribution in [-0.4, -0.2) is 34.2 Å². The van der Waals surface area contributed by atoms with Gasteiger partial charge in [-0.1, -0.05) is 30.7 Å². The second-order valence-corrected chi connectivity index (χ2v) is 8.67. The Morgan fingerprint density at radius 1 is 1.18 bits per heavy atom.